The molecule has 0 aliphatic carbocycles. The van der Waals surface area contributed by atoms with Crippen molar-refractivity contribution in [1.29, 1.82) is 0 Å². The van der Waals surface area contributed by atoms with Gasteiger partial charge in [-0.2, -0.15) is 13.2 Å². The van der Waals surface area contributed by atoms with Crippen LogP contribution in [0.2, 0.25) is 0 Å². The minimum atomic E-state index is -4.51. The van der Waals surface area contributed by atoms with Crippen molar-refractivity contribution in [3.63, 3.8) is 0 Å². The maximum Gasteiger partial charge on any atom is 0.405 e. The molecular formula is C10H13F3N4O4. The van der Waals surface area contributed by atoms with E-state index in [4.69, 9.17) is 4.74 Å². The van der Waals surface area contributed by atoms with E-state index in [9.17, 15) is 22.8 Å². The highest BCUT2D eigenvalue weighted by Crippen LogP contribution is 2.12. The molecule has 118 valence electrons. The monoisotopic (exact) mass is 310 g/mol. The van der Waals surface area contributed by atoms with Gasteiger partial charge in [-0.3, -0.25) is 4.79 Å². The molecule has 0 aliphatic rings. The smallest absolute Gasteiger partial charge is 0.405 e. The second kappa shape index (κ2) is 7.02. The third-order valence-electron chi connectivity index (χ3n) is 2.28. The summed E-state index contributed by atoms with van der Waals surface area (Å²) >= 11 is 0. The largest absolute Gasteiger partial charge is 0.464 e. The first-order chi connectivity index (χ1) is 9.78. The SMILES string of the molecule is COCc1c(C(=O)OC)nnn1CC(=O)NCC(F)(F)F. The van der Waals surface area contributed by atoms with E-state index >= 15 is 0 Å². The van der Waals surface area contributed by atoms with E-state index in [0.717, 1.165) is 11.8 Å². The zero-order chi connectivity index (χ0) is 16.0. The lowest BCUT2D eigenvalue weighted by Crippen LogP contribution is -2.36. The third-order valence-corrected chi connectivity index (χ3v) is 2.28. The van der Waals surface area contributed by atoms with Gasteiger partial charge in [-0.25, -0.2) is 9.48 Å². The number of carbonyl (C=O) groups is 2. The van der Waals surface area contributed by atoms with Crippen LogP contribution in [0.5, 0.6) is 0 Å². The van der Waals surface area contributed by atoms with Crippen molar-refractivity contribution in [1.82, 2.24) is 20.3 Å². The number of ether oxygens (including phenoxy) is 2. The minimum Gasteiger partial charge on any atom is -0.464 e. The maximum atomic E-state index is 12.0. The molecule has 0 bridgehead atoms. The van der Waals surface area contributed by atoms with Crippen LogP contribution >= 0.6 is 0 Å². The lowest BCUT2D eigenvalue weighted by Gasteiger charge is -2.09. The number of carbonyl (C=O) groups excluding carboxylic acids is 2. The first kappa shape index (κ1) is 16.9. The van der Waals surface area contributed by atoms with Gasteiger partial charge < -0.3 is 14.8 Å². The fourth-order valence-electron chi connectivity index (χ4n) is 1.39. The van der Waals surface area contributed by atoms with Gasteiger partial charge in [0.15, 0.2) is 5.69 Å². The van der Waals surface area contributed by atoms with Gasteiger partial charge in [0.05, 0.1) is 19.4 Å². The Bertz CT molecular complexity index is 515. The number of aromatic nitrogens is 3. The van der Waals surface area contributed by atoms with Crippen LogP contribution in [-0.2, 0) is 27.4 Å². The lowest BCUT2D eigenvalue weighted by molar-refractivity contribution is -0.138. The van der Waals surface area contributed by atoms with Gasteiger partial charge in [-0.15, -0.1) is 5.10 Å². The number of hydrogen-bond donors (Lipinski definition) is 1. The average Bonchev–Trinajstić information content (AvgIpc) is 2.78. The van der Waals surface area contributed by atoms with Crippen LogP contribution in [0.3, 0.4) is 0 Å². The number of halogens is 3. The second-order valence-electron chi connectivity index (χ2n) is 3.86. The molecule has 8 nitrogen and oxygen atoms in total. The van der Waals surface area contributed by atoms with Crippen LogP contribution in [0.15, 0.2) is 0 Å². The van der Waals surface area contributed by atoms with Crippen LogP contribution in [0.1, 0.15) is 16.2 Å². The summed E-state index contributed by atoms with van der Waals surface area (Å²) in [5.41, 5.74) is -0.0329. The summed E-state index contributed by atoms with van der Waals surface area (Å²) in [7, 11) is 2.47. The number of esters is 1. The first-order valence-electron chi connectivity index (χ1n) is 5.61. The Hall–Kier alpha value is -2.17. The number of methoxy groups -OCH3 is 2. The van der Waals surface area contributed by atoms with Crippen LogP contribution in [0.25, 0.3) is 0 Å². The summed E-state index contributed by atoms with van der Waals surface area (Å²) in [6, 6.07) is 0. The summed E-state index contributed by atoms with van der Waals surface area (Å²) in [5, 5.41) is 8.74. The van der Waals surface area contributed by atoms with Crippen LogP contribution in [0, 0.1) is 0 Å². The van der Waals surface area contributed by atoms with E-state index < -0.39 is 31.1 Å². The fourth-order valence-corrected chi connectivity index (χ4v) is 1.39. The molecule has 0 unspecified atom stereocenters. The summed E-state index contributed by atoms with van der Waals surface area (Å²) < 4.78 is 46.2. The Balaban J connectivity index is 2.81. The zero-order valence-corrected chi connectivity index (χ0v) is 11.2. The summed E-state index contributed by atoms with van der Waals surface area (Å²) in [6.07, 6.45) is -4.51. The Morgan fingerprint density at radius 1 is 1.33 bits per heavy atom. The number of nitrogens with one attached hydrogen (secondary N) is 1. The molecule has 1 rings (SSSR count). The number of amides is 1. The molecule has 1 aromatic rings. The summed E-state index contributed by atoms with van der Waals surface area (Å²) in [4.78, 5) is 22.8. The second-order valence-corrected chi connectivity index (χ2v) is 3.86. The van der Waals surface area contributed by atoms with Crippen LogP contribution in [-0.4, -0.2) is 53.8 Å². The van der Waals surface area contributed by atoms with Gasteiger partial charge in [-0.1, -0.05) is 5.21 Å². The van der Waals surface area contributed by atoms with Gasteiger partial charge in [0.25, 0.3) is 0 Å². The normalized spacial score (nSPS) is 11.3. The van der Waals surface area contributed by atoms with E-state index in [-0.39, 0.29) is 18.0 Å². The molecule has 0 saturated heterocycles. The van der Waals surface area contributed by atoms with Crippen molar-refractivity contribution in [2.24, 2.45) is 0 Å². The number of hydrogen-bond acceptors (Lipinski definition) is 6. The lowest BCUT2D eigenvalue weighted by atomic mass is 10.3. The topological polar surface area (TPSA) is 95.3 Å². The summed E-state index contributed by atoms with van der Waals surface area (Å²) in [6.45, 7) is -2.09. The molecule has 0 aliphatic heterocycles. The van der Waals surface area contributed by atoms with Gasteiger partial charge in [0, 0.05) is 7.11 Å². The van der Waals surface area contributed by atoms with Crippen molar-refractivity contribution in [3.8, 4) is 0 Å². The molecule has 0 radical (unpaired) electrons. The molecular weight excluding hydrogens is 297 g/mol. The molecule has 11 heteroatoms. The highest BCUT2D eigenvalue weighted by Gasteiger charge is 2.28. The van der Waals surface area contributed by atoms with Gasteiger partial charge in [-0.05, 0) is 0 Å². The van der Waals surface area contributed by atoms with Crippen LogP contribution < -0.4 is 5.32 Å². The molecule has 0 aromatic carbocycles. The Morgan fingerprint density at radius 2 is 2.00 bits per heavy atom. The van der Waals surface area contributed by atoms with Crippen molar-refractivity contribution < 1.29 is 32.2 Å². The average molecular weight is 310 g/mol. The molecule has 21 heavy (non-hydrogen) atoms. The standard InChI is InChI=1S/C10H13F3N4O4/c1-20-4-6-8(9(19)21-2)15-16-17(6)3-7(18)14-5-10(11,12)13/h3-5H2,1-2H3,(H,14,18). The molecule has 0 fully saturated rings. The van der Waals surface area contributed by atoms with E-state index in [1.54, 1.807) is 5.32 Å². The van der Waals surface area contributed by atoms with Gasteiger partial charge in [0.1, 0.15) is 13.1 Å². The zero-order valence-electron chi connectivity index (χ0n) is 11.2. The predicted octanol–water partition coefficient (Wildman–Crippen LogP) is -0.110. The van der Waals surface area contributed by atoms with Crippen LogP contribution in [0.4, 0.5) is 13.2 Å². The van der Waals surface area contributed by atoms with E-state index in [1.807, 2.05) is 0 Å². The number of nitrogens with zero attached hydrogens (tertiary/aromatic N) is 3. The van der Waals surface area contributed by atoms with Crippen molar-refractivity contribution in [3.05, 3.63) is 11.4 Å². The third kappa shape index (κ3) is 5.02. The number of rotatable bonds is 6. The van der Waals surface area contributed by atoms with Gasteiger partial charge in [0.2, 0.25) is 5.91 Å². The number of alkyl halides is 3. The van der Waals surface area contributed by atoms with Crippen molar-refractivity contribution in [2.75, 3.05) is 20.8 Å². The predicted molar refractivity (Wildman–Crippen MR) is 61.1 cm³/mol. The molecule has 0 atom stereocenters. The highest BCUT2D eigenvalue weighted by molar-refractivity contribution is 5.88. The Labute approximate surface area is 117 Å². The molecule has 1 aromatic heterocycles. The molecule has 1 amide bonds. The highest BCUT2D eigenvalue weighted by atomic mass is 19.4. The van der Waals surface area contributed by atoms with Gasteiger partial charge >= 0.3 is 12.1 Å². The molecule has 0 spiro atoms. The van der Waals surface area contributed by atoms with Crippen molar-refractivity contribution >= 4 is 11.9 Å². The molecule has 1 N–H and O–H groups in total. The molecule has 1 heterocycles. The van der Waals surface area contributed by atoms with E-state index in [2.05, 4.69) is 15.0 Å². The van der Waals surface area contributed by atoms with E-state index in [0.29, 0.717) is 0 Å². The summed E-state index contributed by atoms with van der Waals surface area (Å²) in [5.74, 6) is -1.71. The van der Waals surface area contributed by atoms with Crippen molar-refractivity contribution in [2.45, 2.75) is 19.3 Å². The Kier molecular flexibility index (Phi) is 5.64. The molecule has 0 saturated carbocycles. The first-order valence-corrected chi connectivity index (χ1v) is 5.61. The Morgan fingerprint density at radius 3 is 2.52 bits per heavy atom. The van der Waals surface area contributed by atoms with E-state index in [1.165, 1.54) is 7.11 Å². The fraction of sp³-hybridized carbons (Fsp3) is 0.600. The quantitative estimate of drug-likeness (QED) is 0.737. The maximum absolute atomic E-state index is 12.0. The minimum absolute atomic E-state index is 0.107.